The summed E-state index contributed by atoms with van der Waals surface area (Å²) in [5, 5.41) is 6.94. The van der Waals surface area contributed by atoms with E-state index in [0.717, 1.165) is 24.2 Å². The van der Waals surface area contributed by atoms with E-state index in [0.29, 0.717) is 31.2 Å². The number of likely N-dealkylation sites (tertiary alicyclic amines) is 1. The van der Waals surface area contributed by atoms with Crippen molar-refractivity contribution in [2.45, 2.75) is 32.2 Å². The van der Waals surface area contributed by atoms with E-state index in [-0.39, 0.29) is 12.1 Å². The van der Waals surface area contributed by atoms with E-state index < -0.39 is 0 Å². The normalized spacial score (nSPS) is 17.3. The number of fused-ring (bicyclic) bond motifs is 1. The topological polar surface area (TPSA) is 88.6 Å². The molecule has 2 amide bonds. The van der Waals surface area contributed by atoms with E-state index >= 15 is 0 Å². The fourth-order valence-electron chi connectivity index (χ4n) is 3.24. The Hall–Kier alpha value is -2.90. The number of imidazole rings is 1. The van der Waals surface area contributed by atoms with Crippen LogP contribution in [0.3, 0.4) is 0 Å². The number of hydrogen-bond donors (Lipinski definition) is 1. The van der Waals surface area contributed by atoms with Crippen LogP contribution in [0.15, 0.2) is 35.1 Å². The van der Waals surface area contributed by atoms with Gasteiger partial charge in [0.25, 0.3) is 0 Å². The average Bonchev–Trinajstić information content (AvgIpc) is 3.32. The third-order valence-corrected chi connectivity index (χ3v) is 4.43. The van der Waals surface area contributed by atoms with Crippen molar-refractivity contribution in [2.24, 2.45) is 0 Å². The minimum atomic E-state index is -0.104. The summed E-state index contributed by atoms with van der Waals surface area (Å²) in [5.74, 6) is 1.11. The standard InChI is InChI=1S/C17H20N6O2/c1-12-19-16(21-25-12)14-5-4-10-23(14)17(24)18-8-7-13-11-22-9-3-2-6-15(22)20-13/h2-3,6,9,11,14H,4-5,7-8,10H2,1H3,(H,18,24)/t14-/m0/s1. The van der Waals surface area contributed by atoms with Crippen molar-refractivity contribution in [2.75, 3.05) is 13.1 Å². The van der Waals surface area contributed by atoms with Crippen molar-refractivity contribution in [3.8, 4) is 0 Å². The van der Waals surface area contributed by atoms with Gasteiger partial charge in [0, 0.05) is 38.8 Å². The second-order valence-corrected chi connectivity index (χ2v) is 6.20. The van der Waals surface area contributed by atoms with Crippen LogP contribution in [0.25, 0.3) is 5.65 Å². The van der Waals surface area contributed by atoms with Gasteiger partial charge in [-0.15, -0.1) is 0 Å². The molecule has 3 aromatic rings. The molecule has 4 rings (SSSR count). The van der Waals surface area contributed by atoms with Crippen molar-refractivity contribution < 1.29 is 9.32 Å². The predicted octanol–water partition coefficient (Wildman–Crippen LogP) is 2.11. The van der Waals surface area contributed by atoms with Crippen LogP contribution < -0.4 is 5.32 Å². The maximum absolute atomic E-state index is 12.5. The lowest BCUT2D eigenvalue weighted by Crippen LogP contribution is -2.40. The highest BCUT2D eigenvalue weighted by atomic mass is 16.5. The number of carbonyl (C=O) groups excluding carboxylic acids is 1. The number of amides is 2. The van der Waals surface area contributed by atoms with E-state index in [1.54, 1.807) is 11.8 Å². The number of nitrogens with one attached hydrogen (secondary N) is 1. The Labute approximate surface area is 144 Å². The molecule has 8 nitrogen and oxygen atoms in total. The lowest BCUT2D eigenvalue weighted by molar-refractivity contribution is 0.190. The predicted molar refractivity (Wildman–Crippen MR) is 90.0 cm³/mol. The van der Waals surface area contributed by atoms with E-state index in [9.17, 15) is 4.79 Å². The van der Waals surface area contributed by atoms with Crippen LogP contribution in [-0.2, 0) is 6.42 Å². The highest BCUT2D eigenvalue weighted by Crippen LogP contribution is 2.29. The van der Waals surface area contributed by atoms with Crippen LogP contribution in [0, 0.1) is 6.92 Å². The summed E-state index contributed by atoms with van der Waals surface area (Å²) in [6, 6.07) is 5.69. The number of aromatic nitrogens is 4. The zero-order valence-corrected chi connectivity index (χ0v) is 14.1. The largest absolute Gasteiger partial charge is 0.340 e. The summed E-state index contributed by atoms with van der Waals surface area (Å²) in [4.78, 5) is 23.1. The molecule has 1 fully saturated rings. The molecule has 1 N–H and O–H groups in total. The maximum Gasteiger partial charge on any atom is 0.318 e. The average molecular weight is 340 g/mol. The lowest BCUT2D eigenvalue weighted by Gasteiger charge is -2.22. The molecular formula is C17H20N6O2. The Morgan fingerprint density at radius 1 is 1.40 bits per heavy atom. The quantitative estimate of drug-likeness (QED) is 0.786. The second kappa shape index (κ2) is 6.54. The molecule has 4 heterocycles. The molecule has 130 valence electrons. The minimum Gasteiger partial charge on any atom is -0.340 e. The van der Waals surface area contributed by atoms with Gasteiger partial charge in [-0.3, -0.25) is 0 Å². The number of urea groups is 1. The fourth-order valence-corrected chi connectivity index (χ4v) is 3.24. The molecule has 1 saturated heterocycles. The molecule has 0 saturated carbocycles. The van der Waals surface area contributed by atoms with Crippen LogP contribution >= 0.6 is 0 Å². The molecule has 8 heteroatoms. The summed E-state index contributed by atoms with van der Waals surface area (Å²) in [5.41, 5.74) is 1.87. The fraction of sp³-hybridized carbons (Fsp3) is 0.412. The SMILES string of the molecule is Cc1nc([C@@H]2CCCN2C(=O)NCCc2cn3ccccc3n2)no1. The van der Waals surface area contributed by atoms with Crippen LogP contribution in [-0.4, -0.2) is 43.5 Å². The zero-order valence-electron chi connectivity index (χ0n) is 14.1. The molecule has 0 spiro atoms. The molecule has 0 radical (unpaired) electrons. The van der Waals surface area contributed by atoms with Gasteiger partial charge in [-0.1, -0.05) is 11.2 Å². The molecule has 0 unspecified atom stereocenters. The Morgan fingerprint density at radius 3 is 3.12 bits per heavy atom. The van der Waals surface area contributed by atoms with Gasteiger partial charge < -0.3 is 19.1 Å². The Kier molecular flexibility index (Phi) is 4.09. The number of carbonyl (C=O) groups is 1. The number of pyridine rings is 1. The summed E-state index contributed by atoms with van der Waals surface area (Å²) in [6.45, 7) is 3.00. The van der Waals surface area contributed by atoms with Gasteiger partial charge in [-0.2, -0.15) is 4.98 Å². The summed E-state index contributed by atoms with van der Waals surface area (Å²) < 4.78 is 7.02. The van der Waals surface area contributed by atoms with Crippen molar-refractivity contribution in [1.29, 1.82) is 0 Å². The molecule has 0 aromatic carbocycles. The van der Waals surface area contributed by atoms with Crippen LogP contribution in [0.1, 0.15) is 36.3 Å². The summed E-state index contributed by atoms with van der Waals surface area (Å²) >= 11 is 0. The summed E-state index contributed by atoms with van der Waals surface area (Å²) in [6.07, 6.45) is 6.44. The van der Waals surface area contributed by atoms with Gasteiger partial charge in [0.1, 0.15) is 5.65 Å². The number of aryl methyl sites for hydroxylation is 1. The van der Waals surface area contributed by atoms with Crippen LogP contribution in [0.4, 0.5) is 4.79 Å². The monoisotopic (exact) mass is 340 g/mol. The van der Waals surface area contributed by atoms with Gasteiger partial charge in [0.15, 0.2) is 5.82 Å². The van der Waals surface area contributed by atoms with Gasteiger partial charge >= 0.3 is 6.03 Å². The number of hydrogen-bond acceptors (Lipinski definition) is 5. The van der Waals surface area contributed by atoms with Crippen molar-refractivity contribution in [3.05, 3.63) is 48.0 Å². The van der Waals surface area contributed by atoms with E-state index in [1.165, 1.54) is 0 Å². The van der Waals surface area contributed by atoms with Crippen LogP contribution in [0.2, 0.25) is 0 Å². The highest BCUT2D eigenvalue weighted by Gasteiger charge is 2.33. The third kappa shape index (κ3) is 3.19. The lowest BCUT2D eigenvalue weighted by atomic mass is 10.2. The number of rotatable bonds is 4. The number of nitrogens with zero attached hydrogens (tertiary/aromatic N) is 5. The van der Waals surface area contributed by atoms with Gasteiger partial charge in [-0.25, -0.2) is 9.78 Å². The summed E-state index contributed by atoms with van der Waals surface area (Å²) in [7, 11) is 0. The third-order valence-electron chi connectivity index (χ3n) is 4.43. The van der Waals surface area contributed by atoms with Gasteiger partial charge in [0.05, 0.1) is 11.7 Å². The minimum absolute atomic E-state index is 0.0892. The molecule has 25 heavy (non-hydrogen) atoms. The van der Waals surface area contributed by atoms with Crippen molar-refractivity contribution in [1.82, 2.24) is 29.7 Å². The first kappa shape index (κ1) is 15.6. The Bertz CT molecular complexity index is 853. The first-order valence-corrected chi connectivity index (χ1v) is 8.48. The highest BCUT2D eigenvalue weighted by molar-refractivity contribution is 5.75. The smallest absolute Gasteiger partial charge is 0.318 e. The molecule has 1 aliphatic heterocycles. The molecule has 1 atom stereocenters. The Morgan fingerprint density at radius 2 is 2.32 bits per heavy atom. The molecular weight excluding hydrogens is 320 g/mol. The van der Waals surface area contributed by atoms with Crippen molar-refractivity contribution in [3.63, 3.8) is 0 Å². The molecule has 1 aliphatic rings. The van der Waals surface area contributed by atoms with Crippen LogP contribution in [0.5, 0.6) is 0 Å². The van der Waals surface area contributed by atoms with E-state index in [4.69, 9.17) is 4.52 Å². The Balaban J connectivity index is 1.35. The first-order chi connectivity index (χ1) is 12.2. The second-order valence-electron chi connectivity index (χ2n) is 6.20. The maximum atomic E-state index is 12.5. The zero-order chi connectivity index (χ0) is 17.2. The molecule has 3 aromatic heterocycles. The molecule has 0 bridgehead atoms. The van der Waals surface area contributed by atoms with E-state index in [1.807, 2.05) is 35.0 Å². The van der Waals surface area contributed by atoms with E-state index in [2.05, 4.69) is 20.4 Å². The van der Waals surface area contributed by atoms with Crippen molar-refractivity contribution >= 4 is 11.7 Å². The molecule has 0 aliphatic carbocycles. The van der Waals surface area contributed by atoms with Gasteiger partial charge in [0.2, 0.25) is 5.89 Å². The first-order valence-electron chi connectivity index (χ1n) is 8.48. The van der Waals surface area contributed by atoms with Gasteiger partial charge in [-0.05, 0) is 25.0 Å².